The summed E-state index contributed by atoms with van der Waals surface area (Å²) < 4.78 is 36.7. The number of anilines is 2. The van der Waals surface area contributed by atoms with Crippen molar-refractivity contribution in [3.63, 3.8) is 0 Å². The van der Waals surface area contributed by atoms with Crippen LogP contribution in [0.15, 0.2) is 30.6 Å². The van der Waals surface area contributed by atoms with Gasteiger partial charge in [-0.15, -0.1) is 0 Å². The summed E-state index contributed by atoms with van der Waals surface area (Å²) in [5.74, 6) is 2.45. The van der Waals surface area contributed by atoms with Crippen molar-refractivity contribution >= 4 is 32.5 Å². The zero-order valence-electron chi connectivity index (χ0n) is 17.1. The van der Waals surface area contributed by atoms with Crippen LogP contribution in [0.4, 0.5) is 11.5 Å². The van der Waals surface area contributed by atoms with Gasteiger partial charge in [-0.05, 0) is 42.7 Å². The molecule has 1 aliphatic heterocycles. The Balaban J connectivity index is 0.000000461. The number of phenolic OH excluding ortho intramolecular Hbond substituents is 1. The molecule has 0 saturated carbocycles. The van der Waals surface area contributed by atoms with Gasteiger partial charge in [-0.3, -0.25) is 4.55 Å². The van der Waals surface area contributed by atoms with Gasteiger partial charge in [0.25, 0.3) is 10.1 Å². The van der Waals surface area contributed by atoms with Crippen LogP contribution in [0.1, 0.15) is 11.1 Å². The van der Waals surface area contributed by atoms with Crippen molar-refractivity contribution in [2.24, 2.45) is 0 Å². The van der Waals surface area contributed by atoms with E-state index >= 15 is 0 Å². The first-order valence-corrected chi connectivity index (χ1v) is 10.9. The number of hydrogen-bond donors (Lipinski definition) is 2. The van der Waals surface area contributed by atoms with Crippen LogP contribution in [0.5, 0.6) is 17.2 Å². The van der Waals surface area contributed by atoms with Gasteiger partial charge in [0.05, 0.1) is 26.0 Å². The summed E-state index contributed by atoms with van der Waals surface area (Å²) in [6.07, 6.45) is 3.14. The summed E-state index contributed by atoms with van der Waals surface area (Å²) in [6, 6.07) is 7.62. The number of nitrogens with zero attached hydrogens (tertiary/aromatic N) is 3. The van der Waals surface area contributed by atoms with E-state index in [1.807, 2.05) is 31.2 Å². The Bertz CT molecular complexity index is 1190. The van der Waals surface area contributed by atoms with Gasteiger partial charge in [-0.2, -0.15) is 8.42 Å². The predicted molar refractivity (Wildman–Crippen MR) is 114 cm³/mol. The quantitative estimate of drug-likeness (QED) is 0.600. The van der Waals surface area contributed by atoms with Crippen LogP contribution in [0.3, 0.4) is 0 Å². The van der Waals surface area contributed by atoms with E-state index in [0.717, 1.165) is 46.5 Å². The molecular formula is C20H23N3O6S. The number of benzene rings is 2. The Labute approximate surface area is 174 Å². The van der Waals surface area contributed by atoms with Gasteiger partial charge in [0.1, 0.15) is 17.9 Å². The zero-order valence-corrected chi connectivity index (χ0v) is 17.9. The summed E-state index contributed by atoms with van der Waals surface area (Å²) in [6.45, 7) is 2.71. The highest BCUT2D eigenvalue weighted by Gasteiger charge is 2.25. The molecule has 4 rings (SSSR count). The lowest BCUT2D eigenvalue weighted by Crippen LogP contribution is -2.15. The van der Waals surface area contributed by atoms with Gasteiger partial charge >= 0.3 is 0 Å². The standard InChI is InChI=1S/C19H19N3O3.CH4O3S/c1-11-6-15-12(7-16(11)23)4-5-22(15)19-13-8-17(24-2)18(25-3)9-14(13)20-10-21-19;1-5(2,3)4/h6-10,23H,4-5H2,1-3H3;1H3,(H,2,3,4). The van der Waals surface area contributed by atoms with Gasteiger partial charge in [0.15, 0.2) is 11.5 Å². The van der Waals surface area contributed by atoms with Gasteiger partial charge in [-0.25, -0.2) is 9.97 Å². The highest BCUT2D eigenvalue weighted by atomic mass is 32.2. The maximum absolute atomic E-state index is 9.96. The van der Waals surface area contributed by atoms with Gasteiger partial charge in [0.2, 0.25) is 0 Å². The van der Waals surface area contributed by atoms with Crippen LogP contribution in [0, 0.1) is 6.92 Å². The Kier molecular flexibility index (Phi) is 5.99. The maximum Gasteiger partial charge on any atom is 0.261 e. The second-order valence-electron chi connectivity index (χ2n) is 6.82. The topological polar surface area (TPSA) is 122 Å². The molecule has 0 spiro atoms. The number of ether oxygens (including phenoxy) is 2. The molecular weight excluding hydrogens is 410 g/mol. The highest BCUT2D eigenvalue weighted by molar-refractivity contribution is 7.85. The van der Waals surface area contributed by atoms with E-state index in [0.29, 0.717) is 23.5 Å². The fourth-order valence-corrected chi connectivity index (χ4v) is 3.33. The molecule has 0 fully saturated rings. The zero-order chi connectivity index (χ0) is 22.1. The van der Waals surface area contributed by atoms with E-state index < -0.39 is 10.1 Å². The molecule has 1 aliphatic rings. The number of rotatable bonds is 3. The van der Waals surface area contributed by atoms with E-state index in [1.165, 1.54) is 0 Å². The molecule has 0 radical (unpaired) electrons. The summed E-state index contributed by atoms with van der Waals surface area (Å²) in [5, 5.41) is 10.9. The van der Waals surface area contributed by atoms with Crippen LogP contribution in [-0.2, 0) is 16.5 Å². The average molecular weight is 433 g/mol. The predicted octanol–water partition coefficient (Wildman–Crippen LogP) is 2.86. The fraction of sp³-hybridized carbons (Fsp3) is 0.300. The molecule has 1 aromatic heterocycles. The Morgan fingerprint density at radius 1 is 1.07 bits per heavy atom. The van der Waals surface area contributed by atoms with Crippen LogP contribution < -0.4 is 14.4 Å². The fourth-order valence-electron chi connectivity index (χ4n) is 3.33. The molecule has 0 atom stereocenters. The second-order valence-corrected chi connectivity index (χ2v) is 8.29. The Hall–Kier alpha value is -3.11. The minimum absolute atomic E-state index is 0.333. The minimum atomic E-state index is -3.67. The third kappa shape index (κ3) is 4.55. The van der Waals surface area contributed by atoms with Crippen LogP contribution >= 0.6 is 0 Å². The van der Waals surface area contributed by atoms with Crippen molar-refractivity contribution in [3.05, 3.63) is 41.7 Å². The lowest BCUT2D eigenvalue weighted by Gasteiger charge is -2.21. The van der Waals surface area contributed by atoms with Gasteiger partial charge < -0.3 is 19.5 Å². The van der Waals surface area contributed by atoms with E-state index in [9.17, 15) is 13.5 Å². The molecule has 2 N–H and O–H groups in total. The van der Waals surface area contributed by atoms with Crippen LogP contribution in [-0.4, -0.2) is 55.1 Å². The molecule has 0 amide bonds. The second kappa shape index (κ2) is 8.33. The van der Waals surface area contributed by atoms with E-state index in [4.69, 9.17) is 14.0 Å². The Morgan fingerprint density at radius 3 is 2.33 bits per heavy atom. The molecule has 30 heavy (non-hydrogen) atoms. The summed E-state index contributed by atoms with van der Waals surface area (Å²) >= 11 is 0. The van der Waals surface area contributed by atoms with E-state index in [-0.39, 0.29) is 0 Å². The normalized spacial score (nSPS) is 12.9. The monoisotopic (exact) mass is 433 g/mol. The van der Waals surface area contributed by atoms with Crippen molar-refractivity contribution in [2.75, 3.05) is 31.9 Å². The summed E-state index contributed by atoms with van der Waals surface area (Å²) in [7, 11) is -0.442. The highest BCUT2D eigenvalue weighted by Crippen LogP contribution is 2.41. The molecule has 0 aliphatic carbocycles. The smallest absolute Gasteiger partial charge is 0.261 e. The first-order valence-electron chi connectivity index (χ1n) is 9.01. The number of aryl methyl sites for hydroxylation is 1. The molecule has 0 bridgehead atoms. The molecule has 2 aromatic carbocycles. The van der Waals surface area contributed by atoms with E-state index in [2.05, 4.69) is 14.9 Å². The number of phenols is 1. The number of aromatic hydroxyl groups is 1. The van der Waals surface area contributed by atoms with E-state index in [1.54, 1.807) is 20.5 Å². The molecule has 160 valence electrons. The molecule has 2 heterocycles. The molecule has 9 nitrogen and oxygen atoms in total. The van der Waals surface area contributed by atoms with Crippen molar-refractivity contribution < 1.29 is 27.6 Å². The first kappa shape index (κ1) is 21.6. The lowest BCUT2D eigenvalue weighted by molar-refractivity contribution is 0.356. The van der Waals surface area contributed by atoms with Gasteiger partial charge in [0, 0.05) is 23.7 Å². The minimum Gasteiger partial charge on any atom is -0.508 e. The average Bonchev–Trinajstić information content (AvgIpc) is 3.07. The number of methoxy groups -OCH3 is 2. The molecule has 0 saturated heterocycles. The molecule has 0 unspecified atom stereocenters. The van der Waals surface area contributed by atoms with Crippen molar-refractivity contribution in [3.8, 4) is 17.2 Å². The van der Waals surface area contributed by atoms with Gasteiger partial charge in [-0.1, -0.05) is 0 Å². The molecule has 3 aromatic rings. The third-order valence-electron chi connectivity index (χ3n) is 4.67. The van der Waals surface area contributed by atoms with Crippen molar-refractivity contribution in [2.45, 2.75) is 13.3 Å². The number of hydrogen-bond acceptors (Lipinski definition) is 8. The third-order valence-corrected chi connectivity index (χ3v) is 4.67. The maximum atomic E-state index is 9.96. The van der Waals surface area contributed by atoms with Crippen LogP contribution in [0.25, 0.3) is 10.9 Å². The SMILES string of the molecule is COc1cc2ncnc(N3CCc4cc(O)c(C)cc43)c2cc1OC.CS(=O)(=O)O. The lowest BCUT2D eigenvalue weighted by atomic mass is 10.1. The molecule has 10 heteroatoms. The summed E-state index contributed by atoms with van der Waals surface area (Å²) in [4.78, 5) is 11.1. The van der Waals surface area contributed by atoms with Crippen molar-refractivity contribution in [1.29, 1.82) is 0 Å². The summed E-state index contributed by atoms with van der Waals surface area (Å²) in [5.41, 5.74) is 3.84. The first-order chi connectivity index (χ1) is 14.1. The Morgan fingerprint density at radius 2 is 1.70 bits per heavy atom. The number of fused-ring (bicyclic) bond motifs is 2. The van der Waals surface area contributed by atoms with Crippen LogP contribution in [0.2, 0.25) is 0 Å². The largest absolute Gasteiger partial charge is 0.508 e. The number of aromatic nitrogens is 2. The van der Waals surface area contributed by atoms with Crippen molar-refractivity contribution in [1.82, 2.24) is 9.97 Å².